The van der Waals surface area contributed by atoms with Gasteiger partial charge in [0.2, 0.25) is 5.95 Å². The van der Waals surface area contributed by atoms with Crippen LogP contribution in [-0.2, 0) is 0 Å². The minimum Gasteiger partial charge on any atom is -0.325 e. The summed E-state index contributed by atoms with van der Waals surface area (Å²) in [5, 5.41) is 3.36. The maximum atomic E-state index is 4.51. The summed E-state index contributed by atoms with van der Waals surface area (Å²) in [5.74, 6) is 0.862. The lowest BCUT2D eigenvalue weighted by Gasteiger charge is -2.13. The lowest BCUT2D eigenvalue weighted by molar-refractivity contribution is 0.607. The van der Waals surface area contributed by atoms with Crippen LogP contribution in [0.2, 0.25) is 0 Å². The second-order valence-electron chi connectivity index (χ2n) is 4.46. The number of imidazole rings is 1. The van der Waals surface area contributed by atoms with Crippen LogP contribution in [0.3, 0.4) is 0 Å². The molecule has 1 aromatic heterocycles. The van der Waals surface area contributed by atoms with Crippen molar-refractivity contribution in [2.24, 2.45) is 0 Å². The molecule has 0 saturated heterocycles. The van der Waals surface area contributed by atoms with Crippen LogP contribution in [-0.4, -0.2) is 9.55 Å². The summed E-state index contributed by atoms with van der Waals surface area (Å²) < 4.78 is 4.18. The molecular formula is C13H15Br2N3. The molecule has 1 N–H and O–H groups in total. The number of halogens is 2. The molecule has 0 aliphatic carbocycles. The average molecular weight is 373 g/mol. The Labute approximate surface area is 124 Å². The van der Waals surface area contributed by atoms with E-state index in [2.05, 4.69) is 66.8 Å². The smallest absolute Gasteiger partial charge is 0.207 e. The van der Waals surface area contributed by atoms with Gasteiger partial charge in [-0.2, -0.15) is 0 Å². The van der Waals surface area contributed by atoms with E-state index in [0.717, 1.165) is 26.3 Å². The first kappa shape index (κ1) is 13.6. The van der Waals surface area contributed by atoms with Crippen LogP contribution in [0, 0.1) is 6.92 Å². The zero-order valence-electron chi connectivity index (χ0n) is 10.5. The molecule has 3 nitrogen and oxygen atoms in total. The highest BCUT2D eigenvalue weighted by atomic mass is 79.9. The molecule has 2 aromatic rings. The van der Waals surface area contributed by atoms with Gasteiger partial charge in [0.1, 0.15) is 0 Å². The fourth-order valence-corrected chi connectivity index (χ4v) is 2.42. The molecule has 0 radical (unpaired) electrons. The molecule has 96 valence electrons. The zero-order valence-corrected chi connectivity index (χ0v) is 13.7. The summed E-state index contributed by atoms with van der Waals surface area (Å²) in [6.07, 6.45) is 2.05. The van der Waals surface area contributed by atoms with Crippen LogP contribution in [0.1, 0.15) is 25.6 Å². The highest BCUT2D eigenvalue weighted by Gasteiger charge is 2.10. The maximum absolute atomic E-state index is 4.51. The Morgan fingerprint density at radius 2 is 2.00 bits per heavy atom. The van der Waals surface area contributed by atoms with Gasteiger partial charge in [0, 0.05) is 21.2 Å². The Morgan fingerprint density at radius 1 is 1.28 bits per heavy atom. The van der Waals surface area contributed by atoms with Crippen molar-refractivity contribution in [1.29, 1.82) is 0 Å². The topological polar surface area (TPSA) is 29.9 Å². The number of nitrogens with zero attached hydrogens (tertiary/aromatic N) is 2. The summed E-state index contributed by atoms with van der Waals surface area (Å²) in [6.45, 7) is 6.28. The van der Waals surface area contributed by atoms with Crippen molar-refractivity contribution in [2.75, 3.05) is 5.32 Å². The first-order chi connectivity index (χ1) is 8.47. The summed E-state index contributed by atoms with van der Waals surface area (Å²) in [4.78, 5) is 4.51. The van der Waals surface area contributed by atoms with E-state index >= 15 is 0 Å². The van der Waals surface area contributed by atoms with Crippen LogP contribution in [0.5, 0.6) is 0 Å². The molecule has 5 heteroatoms. The molecular weight excluding hydrogens is 358 g/mol. The Balaban J connectivity index is 2.36. The molecule has 0 atom stereocenters. The lowest BCUT2D eigenvalue weighted by atomic mass is 10.3. The molecule has 0 unspecified atom stereocenters. The van der Waals surface area contributed by atoms with Crippen molar-refractivity contribution in [3.05, 3.63) is 39.0 Å². The number of hydrogen-bond donors (Lipinski definition) is 1. The van der Waals surface area contributed by atoms with Gasteiger partial charge < -0.3 is 9.88 Å². The summed E-state index contributed by atoms with van der Waals surface area (Å²) >= 11 is 7.01. The van der Waals surface area contributed by atoms with Gasteiger partial charge in [-0.1, -0.05) is 15.9 Å². The van der Waals surface area contributed by atoms with Crippen LogP contribution in [0.4, 0.5) is 11.6 Å². The Bertz CT molecular complexity index is 561. The van der Waals surface area contributed by atoms with E-state index < -0.39 is 0 Å². The molecule has 0 saturated carbocycles. The van der Waals surface area contributed by atoms with E-state index in [0.29, 0.717) is 6.04 Å². The maximum Gasteiger partial charge on any atom is 0.207 e. The monoisotopic (exact) mass is 371 g/mol. The number of aromatic nitrogens is 2. The molecule has 0 fully saturated rings. The molecule has 18 heavy (non-hydrogen) atoms. The second kappa shape index (κ2) is 5.45. The van der Waals surface area contributed by atoms with Crippen molar-refractivity contribution in [3.63, 3.8) is 0 Å². The number of nitrogens with one attached hydrogen (secondary N) is 1. The van der Waals surface area contributed by atoms with Crippen LogP contribution in [0.15, 0.2) is 33.3 Å². The van der Waals surface area contributed by atoms with Crippen molar-refractivity contribution in [2.45, 2.75) is 26.8 Å². The normalized spacial score (nSPS) is 11.0. The standard InChI is InChI=1S/C13H15Br2N3/c1-8(2)18-7-9(3)16-13(18)17-12-6-10(14)4-5-11(12)15/h4-8H,1-3H3,(H,16,17). The largest absolute Gasteiger partial charge is 0.325 e. The summed E-state index contributed by atoms with van der Waals surface area (Å²) in [6, 6.07) is 6.40. The Morgan fingerprint density at radius 3 is 2.67 bits per heavy atom. The fourth-order valence-electron chi connectivity index (χ4n) is 1.72. The Kier molecular flexibility index (Phi) is 4.12. The predicted octanol–water partition coefficient (Wildman–Crippen LogP) is 5.04. The predicted molar refractivity (Wildman–Crippen MR) is 82.5 cm³/mol. The van der Waals surface area contributed by atoms with E-state index in [1.165, 1.54) is 0 Å². The van der Waals surface area contributed by atoms with Crippen LogP contribution in [0.25, 0.3) is 0 Å². The molecule has 0 bridgehead atoms. The van der Waals surface area contributed by atoms with E-state index in [-0.39, 0.29) is 0 Å². The molecule has 0 aliphatic heterocycles. The number of benzene rings is 1. The van der Waals surface area contributed by atoms with Crippen molar-refractivity contribution in [1.82, 2.24) is 9.55 Å². The summed E-state index contributed by atoms with van der Waals surface area (Å²) in [5.41, 5.74) is 2.01. The number of hydrogen-bond acceptors (Lipinski definition) is 2. The third-order valence-electron chi connectivity index (χ3n) is 2.58. The number of aryl methyl sites for hydroxylation is 1. The van der Waals surface area contributed by atoms with E-state index in [1.54, 1.807) is 0 Å². The van der Waals surface area contributed by atoms with Crippen molar-refractivity contribution in [3.8, 4) is 0 Å². The zero-order chi connectivity index (χ0) is 13.3. The molecule has 0 spiro atoms. The van der Waals surface area contributed by atoms with E-state index in [9.17, 15) is 0 Å². The van der Waals surface area contributed by atoms with Gasteiger partial charge >= 0.3 is 0 Å². The van der Waals surface area contributed by atoms with E-state index in [1.807, 2.05) is 25.1 Å². The van der Waals surface area contributed by atoms with Gasteiger partial charge in [-0.15, -0.1) is 0 Å². The van der Waals surface area contributed by atoms with Crippen LogP contribution >= 0.6 is 31.9 Å². The number of anilines is 2. The third kappa shape index (κ3) is 2.95. The molecule has 1 aromatic carbocycles. The van der Waals surface area contributed by atoms with Crippen molar-refractivity contribution >= 4 is 43.5 Å². The minimum atomic E-state index is 0.375. The highest BCUT2D eigenvalue weighted by molar-refractivity contribution is 9.11. The highest BCUT2D eigenvalue weighted by Crippen LogP contribution is 2.29. The quantitative estimate of drug-likeness (QED) is 0.817. The van der Waals surface area contributed by atoms with Gasteiger partial charge in [0.15, 0.2) is 0 Å². The van der Waals surface area contributed by atoms with Gasteiger partial charge in [-0.3, -0.25) is 0 Å². The molecule has 0 amide bonds. The number of rotatable bonds is 3. The molecule has 0 aliphatic rings. The van der Waals surface area contributed by atoms with Crippen molar-refractivity contribution < 1.29 is 0 Å². The van der Waals surface area contributed by atoms with Gasteiger partial charge in [0.25, 0.3) is 0 Å². The minimum absolute atomic E-state index is 0.375. The first-order valence-corrected chi connectivity index (χ1v) is 7.33. The average Bonchev–Trinajstić information content (AvgIpc) is 2.65. The SMILES string of the molecule is Cc1cn(C(C)C)c(Nc2cc(Br)ccc2Br)n1. The molecule has 2 rings (SSSR count). The van der Waals surface area contributed by atoms with Gasteiger partial charge in [-0.25, -0.2) is 4.98 Å². The van der Waals surface area contributed by atoms with Gasteiger partial charge in [0.05, 0.1) is 11.4 Å². The summed E-state index contributed by atoms with van der Waals surface area (Å²) in [7, 11) is 0. The first-order valence-electron chi connectivity index (χ1n) is 5.75. The van der Waals surface area contributed by atoms with Gasteiger partial charge in [-0.05, 0) is 54.9 Å². The van der Waals surface area contributed by atoms with Crippen LogP contribution < -0.4 is 5.32 Å². The molecule has 1 heterocycles. The van der Waals surface area contributed by atoms with E-state index in [4.69, 9.17) is 0 Å². The third-order valence-corrected chi connectivity index (χ3v) is 3.77. The second-order valence-corrected chi connectivity index (χ2v) is 6.23. The fraction of sp³-hybridized carbons (Fsp3) is 0.308. The lowest BCUT2D eigenvalue weighted by Crippen LogP contribution is -2.05. The Hall–Kier alpha value is -0.810.